The second kappa shape index (κ2) is 11.7. The van der Waals surface area contributed by atoms with Crippen LogP contribution in [0.3, 0.4) is 0 Å². The molecule has 0 spiro atoms. The third kappa shape index (κ3) is 7.46. The fourth-order valence-electron chi connectivity index (χ4n) is 5.70. The number of unbranched alkanes of at least 4 members (excludes halogenated alkanes) is 1. The van der Waals surface area contributed by atoms with Crippen molar-refractivity contribution in [2.75, 3.05) is 0 Å². The van der Waals surface area contributed by atoms with Crippen LogP contribution in [-0.4, -0.2) is 44.8 Å². The highest BCUT2D eigenvalue weighted by molar-refractivity contribution is 5.76. The Bertz CT molecular complexity index is 626. The van der Waals surface area contributed by atoms with E-state index in [2.05, 4.69) is 52.8 Å². The lowest BCUT2D eigenvalue weighted by atomic mass is 9.87. The molecule has 4 heteroatoms. The van der Waals surface area contributed by atoms with Crippen LogP contribution in [0.25, 0.3) is 0 Å². The Morgan fingerprint density at radius 3 is 2.55 bits per heavy atom. The summed E-state index contributed by atoms with van der Waals surface area (Å²) in [6, 6.07) is 0.490. The van der Waals surface area contributed by atoms with E-state index in [4.69, 9.17) is 0 Å². The summed E-state index contributed by atoms with van der Waals surface area (Å²) in [4.78, 5) is 14.6. The molecule has 0 radical (unpaired) electrons. The van der Waals surface area contributed by atoms with Crippen LogP contribution in [0.1, 0.15) is 99.3 Å². The molecule has 5 atom stereocenters. The zero-order valence-corrected chi connectivity index (χ0v) is 20.8. The third-order valence-electron chi connectivity index (χ3n) is 7.22. The first-order valence-corrected chi connectivity index (χ1v) is 12.6. The number of hydrogen-bond acceptors (Lipinski definition) is 3. The Hall–Kier alpha value is -1.13. The molecule has 0 aromatic rings. The van der Waals surface area contributed by atoms with Crippen molar-refractivity contribution in [3.8, 4) is 0 Å². The number of allylic oxidation sites excluding steroid dienone is 2. The molecule has 0 heterocycles. The monoisotopic (exact) mass is 433 g/mol. The topological polar surface area (TPSA) is 60.8 Å². The molecule has 0 bridgehead atoms. The first-order chi connectivity index (χ1) is 14.6. The van der Waals surface area contributed by atoms with Crippen LogP contribution in [0.5, 0.6) is 0 Å². The van der Waals surface area contributed by atoms with Gasteiger partial charge in [-0.25, -0.2) is 0 Å². The van der Waals surface area contributed by atoms with Gasteiger partial charge >= 0.3 is 0 Å². The SMILES string of the molecule is CCCC[C@](C)(O)C/C=C/[C@@H]1[C@H]2CC(CCCC(=O)N(C(C)C)C(C)C)=C[C@H]2C[C@H]1O. The number of aliphatic hydroxyl groups excluding tert-OH is 1. The van der Waals surface area contributed by atoms with Gasteiger partial charge in [-0.15, -0.1) is 0 Å². The van der Waals surface area contributed by atoms with Crippen LogP contribution in [-0.2, 0) is 4.79 Å². The Kier molecular flexibility index (Phi) is 9.82. The molecule has 2 rings (SSSR count). The number of hydrogen-bond donors (Lipinski definition) is 2. The highest BCUT2D eigenvalue weighted by atomic mass is 16.3. The van der Waals surface area contributed by atoms with Crippen LogP contribution in [0.15, 0.2) is 23.8 Å². The molecule has 0 aliphatic heterocycles. The summed E-state index contributed by atoms with van der Waals surface area (Å²) in [5.74, 6) is 1.37. The average molecular weight is 434 g/mol. The zero-order valence-electron chi connectivity index (χ0n) is 20.8. The summed E-state index contributed by atoms with van der Waals surface area (Å²) in [7, 11) is 0. The predicted molar refractivity (Wildman–Crippen MR) is 129 cm³/mol. The molecule has 2 N–H and O–H groups in total. The van der Waals surface area contributed by atoms with E-state index in [1.54, 1.807) is 0 Å². The van der Waals surface area contributed by atoms with E-state index < -0.39 is 5.60 Å². The molecule has 1 amide bonds. The van der Waals surface area contributed by atoms with E-state index in [1.165, 1.54) is 5.57 Å². The second-order valence-corrected chi connectivity index (χ2v) is 10.8. The van der Waals surface area contributed by atoms with Crippen molar-refractivity contribution in [3.05, 3.63) is 23.8 Å². The largest absolute Gasteiger partial charge is 0.392 e. The highest BCUT2D eigenvalue weighted by Crippen LogP contribution is 2.48. The average Bonchev–Trinajstić information content (AvgIpc) is 3.17. The normalized spacial score (nSPS) is 27.7. The van der Waals surface area contributed by atoms with Crippen LogP contribution in [0, 0.1) is 17.8 Å². The zero-order chi connectivity index (χ0) is 23.2. The Balaban J connectivity index is 1.83. The maximum atomic E-state index is 12.6. The Morgan fingerprint density at radius 1 is 1.26 bits per heavy atom. The van der Waals surface area contributed by atoms with Crippen molar-refractivity contribution in [2.45, 2.75) is 123 Å². The van der Waals surface area contributed by atoms with Crippen molar-refractivity contribution in [2.24, 2.45) is 17.8 Å². The summed E-state index contributed by atoms with van der Waals surface area (Å²) in [5.41, 5.74) is 0.810. The lowest BCUT2D eigenvalue weighted by molar-refractivity contribution is -0.134. The van der Waals surface area contributed by atoms with Crippen molar-refractivity contribution >= 4 is 5.91 Å². The number of aliphatic hydroxyl groups is 2. The van der Waals surface area contributed by atoms with Gasteiger partial charge in [-0.3, -0.25) is 4.79 Å². The molecule has 1 fully saturated rings. The summed E-state index contributed by atoms with van der Waals surface area (Å²) in [6.07, 6.45) is 14.3. The summed E-state index contributed by atoms with van der Waals surface area (Å²) >= 11 is 0. The molecule has 1 saturated carbocycles. The van der Waals surface area contributed by atoms with E-state index in [0.29, 0.717) is 24.7 Å². The van der Waals surface area contributed by atoms with Gasteiger partial charge in [0.2, 0.25) is 5.91 Å². The molecule has 2 aliphatic rings. The lowest BCUT2D eigenvalue weighted by Crippen LogP contribution is -2.41. The predicted octanol–water partition coefficient (Wildman–Crippen LogP) is 5.63. The van der Waals surface area contributed by atoms with E-state index in [0.717, 1.165) is 44.9 Å². The molecule has 4 nitrogen and oxygen atoms in total. The van der Waals surface area contributed by atoms with Crippen molar-refractivity contribution in [3.63, 3.8) is 0 Å². The van der Waals surface area contributed by atoms with Gasteiger partial charge in [0.25, 0.3) is 0 Å². The third-order valence-corrected chi connectivity index (χ3v) is 7.22. The maximum Gasteiger partial charge on any atom is 0.223 e. The van der Waals surface area contributed by atoms with E-state index in [9.17, 15) is 15.0 Å². The number of carbonyl (C=O) groups is 1. The molecule has 0 aromatic carbocycles. The van der Waals surface area contributed by atoms with Crippen LogP contribution in [0.2, 0.25) is 0 Å². The molecule has 31 heavy (non-hydrogen) atoms. The van der Waals surface area contributed by atoms with Crippen molar-refractivity contribution in [1.29, 1.82) is 0 Å². The summed E-state index contributed by atoms with van der Waals surface area (Å²) < 4.78 is 0. The minimum Gasteiger partial charge on any atom is -0.392 e. The Morgan fingerprint density at radius 2 is 1.94 bits per heavy atom. The highest BCUT2D eigenvalue weighted by Gasteiger charge is 2.43. The Labute approximate surface area is 190 Å². The smallest absolute Gasteiger partial charge is 0.223 e. The standard InChI is InChI=1S/C27H47NO3/c1-7-8-14-27(6,31)15-10-12-23-24-17-21(16-22(24)18-25(23)29)11-9-13-26(30)28(19(2)3)20(4)5/h10,12,16,19-20,22-25,29,31H,7-9,11,13-15,17-18H2,1-6H3/b12-10+/t22-,23+,24-,25+,27-/m0/s1. The summed E-state index contributed by atoms with van der Waals surface area (Å²) in [5, 5.41) is 21.1. The van der Waals surface area contributed by atoms with Gasteiger partial charge in [0.05, 0.1) is 11.7 Å². The van der Waals surface area contributed by atoms with Crippen LogP contribution < -0.4 is 0 Å². The molecule has 2 aliphatic carbocycles. The number of nitrogens with zero attached hydrogens (tertiary/aromatic N) is 1. The minimum absolute atomic E-state index is 0.180. The van der Waals surface area contributed by atoms with Gasteiger partial charge in [0, 0.05) is 24.4 Å². The number of rotatable bonds is 12. The second-order valence-electron chi connectivity index (χ2n) is 10.8. The fourth-order valence-corrected chi connectivity index (χ4v) is 5.70. The minimum atomic E-state index is -0.652. The summed E-state index contributed by atoms with van der Waals surface area (Å²) in [6.45, 7) is 12.4. The maximum absolute atomic E-state index is 12.6. The molecule has 0 saturated heterocycles. The van der Waals surface area contributed by atoms with Crippen LogP contribution in [0.4, 0.5) is 0 Å². The first-order valence-electron chi connectivity index (χ1n) is 12.6. The van der Waals surface area contributed by atoms with E-state index >= 15 is 0 Å². The number of amides is 1. The number of carbonyl (C=O) groups excluding carboxylic acids is 1. The fraction of sp³-hybridized carbons (Fsp3) is 0.815. The number of fused-ring (bicyclic) bond motifs is 1. The van der Waals surface area contributed by atoms with Crippen LogP contribution >= 0.6 is 0 Å². The molecule has 0 unspecified atom stereocenters. The van der Waals surface area contributed by atoms with Gasteiger partial charge in [-0.2, -0.15) is 0 Å². The molecular formula is C27H47NO3. The van der Waals surface area contributed by atoms with Crippen molar-refractivity contribution in [1.82, 2.24) is 4.90 Å². The first kappa shape index (κ1) is 26.1. The molecule has 178 valence electrons. The van der Waals surface area contributed by atoms with Gasteiger partial charge in [0.1, 0.15) is 0 Å². The van der Waals surface area contributed by atoms with Gasteiger partial charge in [-0.1, -0.05) is 43.6 Å². The van der Waals surface area contributed by atoms with Gasteiger partial charge in [-0.05, 0) is 85.0 Å². The van der Waals surface area contributed by atoms with Gasteiger partial charge in [0.15, 0.2) is 0 Å². The molecule has 0 aromatic heterocycles. The van der Waals surface area contributed by atoms with Crippen molar-refractivity contribution < 1.29 is 15.0 Å². The van der Waals surface area contributed by atoms with Gasteiger partial charge < -0.3 is 15.1 Å². The molecular weight excluding hydrogens is 386 g/mol. The van der Waals surface area contributed by atoms with E-state index in [1.807, 2.05) is 11.8 Å². The van der Waals surface area contributed by atoms with E-state index in [-0.39, 0.29) is 30.0 Å². The quantitative estimate of drug-likeness (QED) is 0.392. The lowest BCUT2D eigenvalue weighted by Gasteiger charge is -2.31.